The van der Waals surface area contributed by atoms with Gasteiger partial charge in [0.05, 0.1) is 0 Å². The number of piperidine rings is 1. The average molecular weight is 282 g/mol. The molecule has 0 aromatic carbocycles. The number of nitrogens with zero attached hydrogens (tertiary/aromatic N) is 2. The van der Waals surface area contributed by atoms with Crippen molar-refractivity contribution in [2.24, 2.45) is 11.3 Å². The van der Waals surface area contributed by atoms with Crippen LogP contribution in [0.4, 0.5) is 0 Å². The van der Waals surface area contributed by atoms with E-state index in [9.17, 15) is 5.11 Å². The van der Waals surface area contributed by atoms with Gasteiger partial charge in [-0.05, 0) is 64.2 Å². The summed E-state index contributed by atoms with van der Waals surface area (Å²) in [7, 11) is 0. The topological polar surface area (TPSA) is 26.7 Å². The predicted molar refractivity (Wildman–Crippen MR) is 84.9 cm³/mol. The van der Waals surface area contributed by atoms with Crippen molar-refractivity contribution in [2.45, 2.75) is 52.4 Å². The summed E-state index contributed by atoms with van der Waals surface area (Å²) in [5.74, 6) is 0.913. The van der Waals surface area contributed by atoms with Crippen molar-refractivity contribution < 1.29 is 5.11 Å². The van der Waals surface area contributed by atoms with E-state index >= 15 is 0 Å². The largest absolute Gasteiger partial charge is 0.396 e. The van der Waals surface area contributed by atoms with Crippen LogP contribution in [0.5, 0.6) is 0 Å². The van der Waals surface area contributed by atoms with Gasteiger partial charge < -0.3 is 14.9 Å². The van der Waals surface area contributed by atoms with Crippen LogP contribution >= 0.6 is 0 Å². The van der Waals surface area contributed by atoms with Crippen LogP contribution in [-0.2, 0) is 0 Å². The van der Waals surface area contributed by atoms with Crippen molar-refractivity contribution in [3.8, 4) is 0 Å². The lowest BCUT2D eigenvalue weighted by Crippen LogP contribution is -2.44. The molecule has 2 aliphatic rings. The first-order valence-electron chi connectivity index (χ1n) is 8.71. The van der Waals surface area contributed by atoms with Crippen LogP contribution in [0.3, 0.4) is 0 Å². The Bertz CT molecular complexity index is 270. The fourth-order valence-corrected chi connectivity index (χ4v) is 4.01. The zero-order valence-electron chi connectivity index (χ0n) is 13.6. The van der Waals surface area contributed by atoms with E-state index in [1.807, 2.05) is 0 Å². The van der Waals surface area contributed by atoms with E-state index in [1.165, 1.54) is 64.8 Å². The highest BCUT2D eigenvalue weighted by molar-refractivity contribution is 4.82. The Kier molecular flexibility index (Phi) is 6.31. The van der Waals surface area contributed by atoms with Gasteiger partial charge >= 0.3 is 0 Å². The Balaban J connectivity index is 1.70. The molecular formula is C17H34N2O. The van der Waals surface area contributed by atoms with Crippen molar-refractivity contribution in [1.82, 2.24) is 9.80 Å². The summed E-state index contributed by atoms with van der Waals surface area (Å²) in [6.07, 6.45) is 7.82. The van der Waals surface area contributed by atoms with Gasteiger partial charge in [0.1, 0.15) is 0 Å². The standard InChI is InChI=1S/C17H34N2O/c1-3-8-17(2,15-20)14-19-11-6-16(7-12-19)13-18-9-4-5-10-18/h16,20H,3-15H2,1-2H3. The summed E-state index contributed by atoms with van der Waals surface area (Å²) in [5, 5.41) is 9.66. The lowest BCUT2D eigenvalue weighted by atomic mass is 9.85. The molecule has 20 heavy (non-hydrogen) atoms. The van der Waals surface area contributed by atoms with Gasteiger partial charge in [-0.3, -0.25) is 0 Å². The maximum atomic E-state index is 9.66. The minimum Gasteiger partial charge on any atom is -0.396 e. The van der Waals surface area contributed by atoms with Crippen LogP contribution in [0.25, 0.3) is 0 Å². The molecule has 2 fully saturated rings. The number of likely N-dealkylation sites (tertiary alicyclic amines) is 2. The summed E-state index contributed by atoms with van der Waals surface area (Å²) < 4.78 is 0. The zero-order chi connectivity index (χ0) is 14.4. The molecule has 0 aliphatic carbocycles. The first-order valence-corrected chi connectivity index (χ1v) is 8.71. The second-order valence-corrected chi connectivity index (χ2v) is 7.45. The highest BCUT2D eigenvalue weighted by atomic mass is 16.3. The first-order chi connectivity index (χ1) is 9.65. The SMILES string of the molecule is CCCC(C)(CO)CN1CCC(CN2CCCC2)CC1. The molecule has 0 saturated carbocycles. The van der Waals surface area contributed by atoms with E-state index in [0.717, 1.165) is 18.9 Å². The van der Waals surface area contributed by atoms with Crippen molar-refractivity contribution in [3.63, 3.8) is 0 Å². The third kappa shape index (κ3) is 4.71. The normalized spacial score (nSPS) is 25.9. The van der Waals surface area contributed by atoms with E-state index in [-0.39, 0.29) is 5.41 Å². The lowest BCUT2D eigenvalue weighted by molar-refractivity contribution is 0.0585. The van der Waals surface area contributed by atoms with Gasteiger partial charge in [-0.2, -0.15) is 0 Å². The number of hydrogen-bond donors (Lipinski definition) is 1. The fraction of sp³-hybridized carbons (Fsp3) is 1.00. The Labute approximate surface area is 125 Å². The maximum absolute atomic E-state index is 9.66. The van der Waals surface area contributed by atoms with Crippen LogP contribution in [0, 0.1) is 11.3 Å². The molecular weight excluding hydrogens is 248 g/mol. The Hall–Kier alpha value is -0.120. The lowest BCUT2D eigenvalue weighted by Gasteiger charge is -2.39. The van der Waals surface area contributed by atoms with E-state index in [1.54, 1.807) is 0 Å². The molecule has 0 radical (unpaired) electrons. The minimum absolute atomic E-state index is 0.108. The third-order valence-corrected chi connectivity index (χ3v) is 5.26. The summed E-state index contributed by atoms with van der Waals surface area (Å²) in [4.78, 5) is 5.25. The molecule has 3 nitrogen and oxygen atoms in total. The van der Waals surface area contributed by atoms with Crippen molar-refractivity contribution in [2.75, 3.05) is 45.9 Å². The van der Waals surface area contributed by atoms with Gasteiger partial charge in [-0.1, -0.05) is 20.3 Å². The maximum Gasteiger partial charge on any atom is 0.0497 e. The minimum atomic E-state index is 0.108. The highest BCUT2D eigenvalue weighted by Crippen LogP contribution is 2.27. The molecule has 1 unspecified atom stereocenters. The molecule has 1 atom stereocenters. The average Bonchev–Trinajstić information content (AvgIpc) is 2.94. The second kappa shape index (κ2) is 7.77. The predicted octanol–water partition coefficient (Wildman–Crippen LogP) is 2.59. The van der Waals surface area contributed by atoms with Crippen LogP contribution in [-0.4, -0.2) is 60.8 Å². The van der Waals surface area contributed by atoms with Crippen molar-refractivity contribution >= 4 is 0 Å². The number of aliphatic hydroxyl groups is 1. The quantitative estimate of drug-likeness (QED) is 0.777. The molecule has 1 N–H and O–H groups in total. The Morgan fingerprint density at radius 1 is 1.05 bits per heavy atom. The number of hydrogen-bond acceptors (Lipinski definition) is 3. The summed E-state index contributed by atoms with van der Waals surface area (Å²) in [5.41, 5.74) is 0.108. The van der Waals surface area contributed by atoms with Gasteiger partial charge in [0, 0.05) is 25.1 Å². The van der Waals surface area contributed by atoms with Crippen LogP contribution in [0.2, 0.25) is 0 Å². The summed E-state index contributed by atoms with van der Waals surface area (Å²) in [6, 6.07) is 0. The molecule has 2 saturated heterocycles. The molecule has 3 heteroatoms. The summed E-state index contributed by atoms with van der Waals surface area (Å²) in [6.45, 7) is 12.3. The fourth-order valence-electron chi connectivity index (χ4n) is 4.01. The van der Waals surface area contributed by atoms with Gasteiger partial charge in [0.25, 0.3) is 0 Å². The monoisotopic (exact) mass is 282 g/mol. The van der Waals surface area contributed by atoms with Crippen molar-refractivity contribution in [3.05, 3.63) is 0 Å². The van der Waals surface area contributed by atoms with Crippen LogP contribution < -0.4 is 0 Å². The van der Waals surface area contributed by atoms with Crippen molar-refractivity contribution in [1.29, 1.82) is 0 Å². The second-order valence-electron chi connectivity index (χ2n) is 7.45. The Morgan fingerprint density at radius 2 is 1.70 bits per heavy atom. The number of aliphatic hydroxyl groups excluding tert-OH is 1. The molecule has 118 valence electrons. The molecule has 2 heterocycles. The van der Waals surface area contributed by atoms with E-state index in [0.29, 0.717) is 6.61 Å². The van der Waals surface area contributed by atoms with E-state index in [2.05, 4.69) is 23.6 Å². The third-order valence-electron chi connectivity index (χ3n) is 5.26. The van der Waals surface area contributed by atoms with E-state index < -0.39 is 0 Å². The highest BCUT2D eigenvalue weighted by Gasteiger charge is 2.29. The molecule has 2 aliphatic heterocycles. The Morgan fingerprint density at radius 3 is 2.25 bits per heavy atom. The smallest absolute Gasteiger partial charge is 0.0497 e. The van der Waals surface area contributed by atoms with Crippen LogP contribution in [0.1, 0.15) is 52.4 Å². The molecule has 0 aromatic heterocycles. The van der Waals surface area contributed by atoms with Gasteiger partial charge in [-0.15, -0.1) is 0 Å². The first kappa shape index (κ1) is 16.3. The van der Waals surface area contributed by atoms with Crippen LogP contribution in [0.15, 0.2) is 0 Å². The number of rotatable bonds is 7. The van der Waals surface area contributed by atoms with Gasteiger partial charge in [0.2, 0.25) is 0 Å². The molecule has 0 aromatic rings. The molecule has 0 amide bonds. The molecule has 2 rings (SSSR count). The van der Waals surface area contributed by atoms with E-state index in [4.69, 9.17) is 0 Å². The zero-order valence-corrected chi connectivity index (χ0v) is 13.6. The van der Waals surface area contributed by atoms with Gasteiger partial charge in [-0.25, -0.2) is 0 Å². The molecule has 0 bridgehead atoms. The molecule has 0 spiro atoms. The summed E-state index contributed by atoms with van der Waals surface area (Å²) >= 11 is 0. The van der Waals surface area contributed by atoms with Gasteiger partial charge in [0.15, 0.2) is 0 Å².